The smallest absolute Gasteiger partial charge is 0.200 e. The first-order chi connectivity index (χ1) is 13.8. The van der Waals surface area contributed by atoms with Crippen LogP contribution in [0.4, 0.5) is 0 Å². The average molecular weight is 390 g/mol. The summed E-state index contributed by atoms with van der Waals surface area (Å²) in [6, 6.07) is 9.59. The van der Waals surface area contributed by atoms with E-state index in [0.717, 1.165) is 18.4 Å². The fourth-order valence-electron chi connectivity index (χ4n) is 3.21. The molecule has 4 nitrogen and oxygen atoms in total. The Balaban J connectivity index is 1.88. The molecule has 150 valence electrons. The van der Waals surface area contributed by atoms with Crippen LogP contribution in [0.25, 0.3) is 22.1 Å². The number of fused-ring (bicyclic) bond motifs is 1. The van der Waals surface area contributed by atoms with Gasteiger partial charge in [-0.2, -0.15) is 0 Å². The summed E-state index contributed by atoms with van der Waals surface area (Å²) >= 11 is 0. The molecule has 0 spiro atoms. The molecule has 1 heterocycles. The molecule has 0 amide bonds. The zero-order chi connectivity index (χ0) is 21.0. The quantitative estimate of drug-likeness (QED) is 0.498. The van der Waals surface area contributed by atoms with Crippen molar-refractivity contribution in [1.82, 2.24) is 0 Å². The van der Waals surface area contributed by atoms with Crippen LogP contribution in [0.1, 0.15) is 39.2 Å². The van der Waals surface area contributed by atoms with E-state index in [-0.39, 0.29) is 16.9 Å². The van der Waals surface area contributed by atoms with Crippen LogP contribution in [0.15, 0.2) is 75.2 Å². The first kappa shape index (κ1) is 20.5. The van der Waals surface area contributed by atoms with E-state index in [9.17, 15) is 15.0 Å². The van der Waals surface area contributed by atoms with Crippen LogP contribution in [0.2, 0.25) is 0 Å². The monoisotopic (exact) mass is 390 g/mol. The molecule has 2 N–H and O–H groups in total. The number of phenols is 2. The minimum Gasteiger partial charge on any atom is -0.508 e. The van der Waals surface area contributed by atoms with E-state index in [1.807, 2.05) is 6.07 Å². The standard InChI is InChI=1S/C25H26O4/c1-16(2)5-4-6-17(3)7-8-19-13-18(9-12-23(19)27)22-15-29-24-14-20(26)10-11-21(24)25(22)28/h5,7,9-15,26-27H,4,6,8H2,1-3H3. The Hall–Kier alpha value is -3.27. The van der Waals surface area contributed by atoms with Crippen molar-refractivity contribution < 1.29 is 14.6 Å². The molecule has 0 unspecified atom stereocenters. The molecule has 3 rings (SSSR count). The zero-order valence-electron chi connectivity index (χ0n) is 17.0. The lowest BCUT2D eigenvalue weighted by Gasteiger charge is -2.08. The Morgan fingerprint density at radius 1 is 1.03 bits per heavy atom. The lowest BCUT2D eigenvalue weighted by atomic mass is 9.99. The highest BCUT2D eigenvalue weighted by Gasteiger charge is 2.11. The van der Waals surface area contributed by atoms with Crippen LogP contribution in [0.3, 0.4) is 0 Å². The van der Waals surface area contributed by atoms with Crippen molar-refractivity contribution in [2.24, 2.45) is 0 Å². The molecule has 4 heteroatoms. The van der Waals surface area contributed by atoms with E-state index in [1.54, 1.807) is 18.2 Å². The lowest BCUT2D eigenvalue weighted by Crippen LogP contribution is -2.04. The Kier molecular flexibility index (Phi) is 6.23. The van der Waals surface area contributed by atoms with Crippen LogP contribution < -0.4 is 5.43 Å². The molecule has 3 aromatic rings. The Morgan fingerprint density at radius 2 is 1.83 bits per heavy atom. The van der Waals surface area contributed by atoms with Crippen LogP contribution in [-0.4, -0.2) is 10.2 Å². The summed E-state index contributed by atoms with van der Waals surface area (Å²) in [5.74, 6) is 0.254. The highest BCUT2D eigenvalue weighted by atomic mass is 16.3. The lowest BCUT2D eigenvalue weighted by molar-refractivity contribution is 0.469. The molecular weight excluding hydrogens is 364 g/mol. The highest BCUT2D eigenvalue weighted by Crippen LogP contribution is 2.27. The van der Waals surface area contributed by atoms with E-state index in [0.29, 0.717) is 28.5 Å². The molecule has 0 aliphatic rings. The fraction of sp³-hybridized carbons (Fsp3) is 0.240. The van der Waals surface area contributed by atoms with E-state index in [2.05, 4.69) is 32.9 Å². The summed E-state index contributed by atoms with van der Waals surface area (Å²) in [6.45, 7) is 6.27. The molecule has 0 saturated carbocycles. The van der Waals surface area contributed by atoms with E-state index >= 15 is 0 Å². The topological polar surface area (TPSA) is 70.7 Å². The van der Waals surface area contributed by atoms with Gasteiger partial charge in [0.05, 0.1) is 10.9 Å². The van der Waals surface area contributed by atoms with Crippen molar-refractivity contribution >= 4 is 11.0 Å². The second-order valence-electron chi connectivity index (χ2n) is 7.58. The van der Waals surface area contributed by atoms with E-state index in [1.165, 1.54) is 29.5 Å². The van der Waals surface area contributed by atoms with Crippen LogP contribution in [-0.2, 0) is 6.42 Å². The van der Waals surface area contributed by atoms with Crippen molar-refractivity contribution in [3.63, 3.8) is 0 Å². The van der Waals surface area contributed by atoms with Gasteiger partial charge in [-0.05, 0) is 75.4 Å². The Labute approximate surface area is 170 Å². The predicted molar refractivity (Wildman–Crippen MR) is 117 cm³/mol. The van der Waals surface area contributed by atoms with Gasteiger partial charge < -0.3 is 14.6 Å². The van der Waals surface area contributed by atoms with Crippen LogP contribution in [0.5, 0.6) is 11.5 Å². The summed E-state index contributed by atoms with van der Waals surface area (Å²) in [5, 5.41) is 20.2. The Bertz CT molecular complexity index is 1150. The third-order valence-corrected chi connectivity index (χ3v) is 4.91. The summed E-state index contributed by atoms with van der Waals surface area (Å²) < 4.78 is 5.55. The van der Waals surface area contributed by atoms with E-state index < -0.39 is 0 Å². The number of benzene rings is 2. The van der Waals surface area contributed by atoms with Crippen molar-refractivity contribution in [2.75, 3.05) is 0 Å². The largest absolute Gasteiger partial charge is 0.508 e. The van der Waals surface area contributed by atoms with Gasteiger partial charge in [-0.3, -0.25) is 4.79 Å². The third kappa shape index (κ3) is 4.96. The van der Waals surface area contributed by atoms with Gasteiger partial charge >= 0.3 is 0 Å². The summed E-state index contributed by atoms with van der Waals surface area (Å²) in [5.41, 5.74) is 4.62. The molecule has 0 saturated heterocycles. The van der Waals surface area contributed by atoms with Gasteiger partial charge in [0.2, 0.25) is 0 Å². The summed E-state index contributed by atoms with van der Waals surface area (Å²) in [7, 11) is 0. The maximum absolute atomic E-state index is 12.9. The van der Waals surface area contributed by atoms with Gasteiger partial charge in [-0.1, -0.05) is 29.4 Å². The number of rotatable bonds is 6. The summed E-state index contributed by atoms with van der Waals surface area (Å²) in [4.78, 5) is 12.9. The molecule has 0 bridgehead atoms. The molecule has 0 atom stereocenters. The molecule has 0 fully saturated rings. The molecule has 0 aliphatic carbocycles. The number of allylic oxidation sites excluding steroid dienone is 4. The van der Waals surface area contributed by atoms with Gasteiger partial charge in [0.25, 0.3) is 0 Å². The predicted octanol–water partition coefficient (Wildman–Crippen LogP) is 6.11. The molecule has 29 heavy (non-hydrogen) atoms. The van der Waals surface area contributed by atoms with E-state index in [4.69, 9.17) is 4.42 Å². The van der Waals surface area contributed by atoms with Crippen molar-refractivity contribution in [3.8, 4) is 22.6 Å². The Morgan fingerprint density at radius 3 is 2.59 bits per heavy atom. The molecule has 2 aromatic carbocycles. The number of hydrogen-bond donors (Lipinski definition) is 2. The number of hydrogen-bond acceptors (Lipinski definition) is 4. The SMILES string of the molecule is CC(C)=CCCC(C)=CCc1cc(-c2coc3cc(O)ccc3c2=O)ccc1O. The molecular formula is C25H26O4. The molecule has 0 radical (unpaired) electrons. The number of phenolic OH excluding ortho intramolecular Hbond substituents is 2. The van der Waals surface area contributed by atoms with Crippen molar-refractivity contribution in [1.29, 1.82) is 0 Å². The second-order valence-corrected chi connectivity index (χ2v) is 7.58. The van der Waals surface area contributed by atoms with Crippen molar-refractivity contribution in [2.45, 2.75) is 40.0 Å². The number of aromatic hydroxyl groups is 2. The average Bonchev–Trinajstić information content (AvgIpc) is 2.67. The van der Waals surface area contributed by atoms with Gasteiger partial charge in [0.1, 0.15) is 23.3 Å². The summed E-state index contributed by atoms with van der Waals surface area (Å²) in [6.07, 6.45) is 8.31. The maximum atomic E-state index is 12.9. The van der Waals surface area contributed by atoms with Gasteiger partial charge in [-0.15, -0.1) is 0 Å². The van der Waals surface area contributed by atoms with Crippen LogP contribution >= 0.6 is 0 Å². The normalized spacial score (nSPS) is 11.6. The van der Waals surface area contributed by atoms with Crippen molar-refractivity contribution in [3.05, 3.63) is 81.7 Å². The van der Waals surface area contributed by atoms with Gasteiger partial charge in [-0.25, -0.2) is 0 Å². The fourth-order valence-corrected chi connectivity index (χ4v) is 3.21. The van der Waals surface area contributed by atoms with Gasteiger partial charge in [0.15, 0.2) is 5.43 Å². The molecule has 0 aliphatic heterocycles. The third-order valence-electron chi connectivity index (χ3n) is 4.91. The molecule has 1 aromatic heterocycles. The zero-order valence-corrected chi connectivity index (χ0v) is 17.0. The minimum atomic E-state index is -0.170. The van der Waals surface area contributed by atoms with Crippen LogP contribution in [0, 0.1) is 0 Å². The minimum absolute atomic E-state index is 0.0482. The maximum Gasteiger partial charge on any atom is 0.200 e. The second kappa shape index (κ2) is 8.82. The first-order valence-corrected chi connectivity index (χ1v) is 9.71. The highest BCUT2D eigenvalue weighted by molar-refractivity contribution is 5.82. The van der Waals surface area contributed by atoms with Gasteiger partial charge in [0, 0.05) is 6.07 Å². The first-order valence-electron chi connectivity index (χ1n) is 9.71.